The predicted molar refractivity (Wildman–Crippen MR) is 110 cm³/mol. The third-order valence-corrected chi connectivity index (χ3v) is 4.68. The number of nitrogens with one attached hydrogen (secondary N) is 1. The molecule has 0 aliphatic carbocycles. The van der Waals surface area contributed by atoms with Crippen LogP contribution in [0.2, 0.25) is 0 Å². The fourth-order valence-electron chi connectivity index (χ4n) is 3.13. The van der Waals surface area contributed by atoms with Crippen LogP contribution in [0.25, 0.3) is 11.1 Å². The Hall–Kier alpha value is -2.90. The minimum atomic E-state index is -0.846. The summed E-state index contributed by atoms with van der Waals surface area (Å²) in [6.45, 7) is 2.21. The lowest BCUT2D eigenvalue weighted by Crippen LogP contribution is -2.49. The van der Waals surface area contributed by atoms with Crippen LogP contribution in [-0.4, -0.2) is 65.3 Å². The maximum absolute atomic E-state index is 12.6. The van der Waals surface area contributed by atoms with Crippen LogP contribution >= 0.6 is 12.4 Å². The summed E-state index contributed by atoms with van der Waals surface area (Å²) in [4.78, 5) is 27.0. The summed E-state index contributed by atoms with van der Waals surface area (Å²) in [5.41, 5.74) is 8.72. The van der Waals surface area contributed by atoms with Gasteiger partial charge in [0, 0.05) is 37.3 Å². The van der Waals surface area contributed by atoms with Gasteiger partial charge in [-0.25, -0.2) is 0 Å². The van der Waals surface area contributed by atoms with Crippen LogP contribution in [0.15, 0.2) is 48.5 Å². The van der Waals surface area contributed by atoms with Crippen molar-refractivity contribution in [1.82, 2.24) is 9.80 Å². The minimum Gasteiger partial charge on any atom is -0.480 e. The summed E-state index contributed by atoms with van der Waals surface area (Å²) in [7, 11) is 0. The van der Waals surface area contributed by atoms with E-state index in [0.29, 0.717) is 37.3 Å². The SMILES string of the molecule is Cl.N=C(N)c1ccc(-c2ccc(C(=O)N3CCN(CC(=O)O)CC3)cc2)cc1. The van der Waals surface area contributed by atoms with Gasteiger partial charge in [0.1, 0.15) is 5.84 Å². The third-order valence-electron chi connectivity index (χ3n) is 4.68. The number of amides is 1. The Morgan fingerprint density at radius 1 is 0.893 bits per heavy atom. The molecule has 0 spiro atoms. The van der Waals surface area contributed by atoms with Gasteiger partial charge < -0.3 is 15.7 Å². The number of benzene rings is 2. The van der Waals surface area contributed by atoms with Crippen molar-refractivity contribution in [3.8, 4) is 11.1 Å². The highest BCUT2D eigenvalue weighted by Gasteiger charge is 2.23. The number of nitrogen functional groups attached to an aromatic ring is 1. The number of carbonyl (C=O) groups excluding carboxylic acids is 1. The van der Waals surface area contributed by atoms with Gasteiger partial charge in [-0.1, -0.05) is 36.4 Å². The second-order valence-electron chi connectivity index (χ2n) is 6.53. The number of amidine groups is 1. The first-order valence-electron chi connectivity index (χ1n) is 8.72. The van der Waals surface area contributed by atoms with Gasteiger partial charge in [0.25, 0.3) is 5.91 Å². The van der Waals surface area contributed by atoms with Crippen LogP contribution in [0.5, 0.6) is 0 Å². The summed E-state index contributed by atoms with van der Waals surface area (Å²) in [6.07, 6.45) is 0. The van der Waals surface area contributed by atoms with E-state index in [2.05, 4.69) is 0 Å². The zero-order valence-electron chi connectivity index (χ0n) is 15.3. The summed E-state index contributed by atoms with van der Waals surface area (Å²) in [6, 6.07) is 14.8. The van der Waals surface area contributed by atoms with E-state index in [1.807, 2.05) is 29.2 Å². The molecular weight excluding hydrogens is 380 g/mol. The maximum Gasteiger partial charge on any atom is 0.317 e. The van der Waals surface area contributed by atoms with Crippen LogP contribution in [0.1, 0.15) is 15.9 Å². The Labute approximate surface area is 169 Å². The van der Waals surface area contributed by atoms with Crippen molar-refractivity contribution >= 4 is 30.1 Å². The summed E-state index contributed by atoms with van der Waals surface area (Å²) in [5.74, 6) is -0.851. The number of nitrogens with two attached hydrogens (primary N) is 1. The van der Waals surface area contributed by atoms with Crippen molar-refractivity contribution in [1.29, 1.82) is 5.41 Å². The Kier molecular flexibility index (Phi) is 7.14. The molecule has 0 saturated carbocycles. The predicted octanol–water partition coefficient (Wildman–Crippen LogP) is 1.90. The van der Waals surface area contributed by atoms with Crippen LogP contribution < -0.4 is 5.73 Å². The molecule has 1 fully saturated rings. The number of hydrogen-bond donors (Lipinski definition) is 3. The topological polar surface area (TPSA) is 111 Å². The van der Waals surface area contributed by atoms with E-state index in [4.69, 9.17) is 16.2 Å². The maximum atomic E-state index is 12.6. The number of carbonyl (C=O) groups is 2. The molecule has 28 heavy (non-hydrogen) atoms. The number of aliphatic carboxylic acids is 1. The van der Waals surface area contributed by atoms with Gasteiger partial charge in [0.15, 0.2) is 0 Å². The van der Waals surface area contributed by atoms with E-state index < -0.39 is 5.97 Å². The Bertz CT molecular complexity index is 845. The van der Waals surface area contributed by atoms with Gasteiger partial charge in [-0.05, 0) is 23.3 Å². The van der Waals surface area contributed by atoms with Crippen molar-refractivity contribution in [3.05, 3.63) is 59.7 Å². The monoisotopic (exact) mass is 402 g/mol. The molecule has 0 bridgehead atoms. The highest BCUT2D eigenvalue weighted by Crippen LogP contribution is 2.21. The molecule has 1 heterocycles. The number of carboxylic acid groups (broad SMARTS) is 1. The molecule has 1 aliphatic rings. The van der Waals surface area contributed by atoms with Crippen LogP contribution in [0, 0.1) is 5.41 Å². The number of nitrogens with zero attached hydrogens (tertiary/aromatic N) is 2. The molecular formula is C20H23ClN4O3. The van der Waals surface area contributed by atoms with Gasteiger partial charge in [0.05, 0.1) is 6.54 Å². The zero-order valence-corrected chi connectivity index (χ0v) is 16.1. The van der Waals surface area contributed by atoms with E-state index in [1.54, 1.807) is 29.2 Å². The van der Waals surface area contributed by atoms with E-state index >= 15 is 0 Å². The van der Waals surface area contributed by atoms with Crippen LogP contribution in [0.3, 0.4) is 0 Å². The van der Waals surface area contributed by atoms with Gasteiger partial charge in [-0.15, -0.1) is 12.4 Å². The normalized spacial score (nSPS) is 14.2. The molecule has 148 valence electrons. The Morgan fingerprint density at radius 2 is 1.36 bits per heavy atom. The number of carboxylic acids is 1. The number of piperazine rings is 1. The molecule has 0 atom stereocenters. The summed E-state index contributed by atoms with van der Waals surface area (Å²) in [5, 5.41) is 16.3. The van der Waals surface area contributed by atoms with Crippen LogP contribution in [0.4, 0.5) is 0 Å². The van der Waals surface area contributed by atoms with Crippen molar-refractivity contribution in [2.75, 3.05) is 32.7 Å². The molecule has 1 aliphatic heterocycles. The number of rotatable bonds is 5. The lowest BCUT2D eigenvalue weighted by molar-refractivity contribution is -0.138. The second-order valence-corrected chi connectivity index (χ2v) is 6.53. The Morgan fingerprint density at radius 3 is 1.79 bits per heavy atom. The largest absolute Gasteiger partial charge is 0.480 e. The van der Waals surface area contributed by atoms with E-state index in [-0.39, 0.29) is 30.7 Å². The molecule has 0 radical (unpaired) electrons. The van der Waals surface area contributed by atoms with Gasteiger partial charge in [-0.3, -0.25) is 19.9 Å². The van der Waals surface area contributed by atoms with Crippen molar-refractivity contribution in [2.45, 2.75) is 0 Å². The molecule has 1 amide bonds. The van der Waals surface area contributed by atoms with E-state index in [9.17, 15) is 9.59 Å². The lowest BCUT2D eigenvalue weighted by atomic mass is 10.0. The first-order valence-corrected chi connectivity index (χ1v) is 8.72. The average Bonchev–Trinajstić information content (AvgIpc) is 2.68. The minimum absolute atomic E-state index is 0. The molecule has 2 aromatic rings. The number of halogens is 1. The first kappa shape index (κ1) is 21.4. The highest BCUT2D eigenvalue weighted by molar-refractivity contribution is 5.96. The lowest BCUT2D eigenvalue weighted by Gasteiger charge is -2.33. The highest BCUT2D eigenvalue weighted by atomic mass is 35.5. The second kappa shape index (κ2) is 9.34. The van der Waals surface area contributed by atoms with E-state index in [0.717, 1.165) is 11.1 Å². The molecule has 4 N–H and O–H groups in total. The fourth-order valence-corrected chi connectivity index (χ4v) is 3.13. The summed E-state index contributed by atoms with van der Waals surface area (Å²) >= 11 is 0. The van der Waals surface area contributed by atoms with Crippen molar-refractivity contribution < 1.29 is 14.7 Å². The number of hydrogen-bond acceptors (Lipinski definition) is 4. The standard InChI is InChI=1S/C20H22N4O3.ClH/c21-19(22)16-5-1-14(2-6-16)15-3-7-17(8-4-15)20(27)24-11-9-23(10-12-24)13-18(25)26;/h1-8H,9-13H2,(H3,21,22)(H,25,26);1H. The van der Waals surface area contributed by atoms with Gasteiger partial charge in [0.2, 0.25) is 0 Å². The van der Waals surface area contributed by atoms with Crippen molar-refractivity contribution in [3.63, 3.8) is 0 Å². The molecule has 0 unspecified atom stereocenters. The van der Waals surface area contributed by atoms with E-state index in [1.165, 1.54) is 0 Å². The molecule has 0 aromatic heterocycles. The first-order chi connectivity index (χ1) is 12.9. The average molecular weight is 403 g/mol. The molecule has 2 aromatic carbocycles. The third kappa shape index (κ3) is 5.09. The quantitative estimate of drug-likeness (QED) is 0.522. The zero-order chi connectivity index (χ0) is 19.4. The molecule has 7 nitrogen and oxygen atoms in total. The van der Waals surface area contributed by atoms with Crippen LogP contribution in [-0.2, 0) is 4.79 Å². The fraction of sp³-hybridized carbons (Fsp3) is 0.250. The molecule has 8 heteroatoms. The molecule has 3 rings (SSSR count). The smallest absolute Gasteiger partial charge is 0.317 e. The van der Waals surface area contributed by atoms with Crippen molar-refractivity contribution in [2.24, 2.45) is 5.73 Å². The summed E-state index contributed by atoms with van der Waals surface area (Å²) < 4.78 is 0. The van der Waals surface area contributed by atoms with Gasteiger partial charge >= 0.3 is 5.97 Å². The van der Waals surface area contributed by atoms with Gasteiger partial charge in [-0.2, -0.15) is 0 Å². The molecule has 1 saturated heterocycles. The Balaban J connectivity index is 0.00000280.